The number of ether oxygens (including phenoxy) is 1. The van der Waals surface area contributed by atoms with Gasteiger partial charge in [-0.3, -0.25) is 4.79 Å². The van der Waals surface area contributed by atoms with Gasteiger partial charge >= 0.3 is 6.18 Å². The van der Waals surface area contributed by atoms with Gasteiger partial charge in [0, 0.05) is 45.3 Å². The lowest BCUT2D eigenvalue weighted by atomic mass is 10.1. The average molecular weight is 523 g/mol. The molecule has 1 aliphatic rings. The Hall–Kier alpha value is -4.01. The van der Waals surface area contributed by atoms with Crippen LogP contribution in [0, 0.1) is 0 Å². The van der Waals surface area contributed by atoms with Crippen LogP contribution in [0.3, 0.4) is 0 Å². The van der Waals surface area contributed by atoms with Crippen molar-refractivity contribution in [2.45, 2.75) is 32.7 Å². The van der Waals surface area contributed by atoms with Gasteiger partial charge < -0.3 is 19.1 Å². The predicted octanol–water partition coefficient (Wildman–Crippen LogP) is 5.91. The maximum atomic E-state index is 13.1. The zero-order valence-corrected chi connectivity index (χ0v) is 21.3. The van der Waals surface area contributed by atoms with Crippen LogP contribution in [0.15, 0.2) is 72.8 Å². The molecule has 198 valence electrons. The first kappa shape index (κ1) is 25.6. The summed E-state index contributed by atoms with van der Waals surface area (Å²) >= 11 is 0. The smallest absolute Gasteiger partial charge is 0.416 e. The number of nitrogens with zero attached hydrogens (tertiary/aromatic N) is 4. The van der Waals surface area contributed by atoms with Gasteiger partial charge in [-0.05, 0) is 55.0 Å². The molecule has 5 rings (SSSR count). The van der Waals surface area contributed by atoms with Gasteiger partial charge in [0.1, 0.15) is 5.75 Å². The molecular weight excluding hydrogens is 493 g/mol. The van der Waals surface area contributed by atoms with Crippen molar-refractivity contribution in [3.05, 3.63) is 89.7 Å². The fraction of sp³-hybridized carbons (Fsp3) is 0.310. The molecule has 6 nitrogen and oxygen atoms in total. The minimum Gasteiger partial charge on any atom is -0.483 e. The lowest BCUT2D eigenvalue weighted by Gasteiger charge is -2.35. The molecule has 2 heterocycles. The van der Waals surface area contributed by atoms with Gasteiger partial charge in [0.15, 0.2) is 11.9 Å². The van der Waals surface area contributed by atoms with Gasteiger partial charge in [-0.2, -0.15) is 13.2 Å². The molecule has 0 N–H and O–H groups in total. The van der Waals surface area contributed by atoms with E-state index in [1.807, 2.05) is 58.9 Å². The van der Waals surface area contributed by atoms with Gasteiger partial charge in [-0.25, -0.2) is 4.98 Å². The summed E-state index contributed by atoms with van der Waals surface area (Å²) in [5.74, 6) is 1.46. The van der Waals surface area contributed by atoms with Crippen molar-refractivity contribution in [3.8, 4) is 5.75 Å². The number of alkyl halides is 3. The summed E-state index contributed by atoms with van der Waals surface area (Å²) in [5, 5.41) is 0. The number of para-hydroxylation sites is 1. The molecule has 1 unspecified atom stereocenters. The van der Waals surface area contributed by atoms with Crippen LogP contribution in [0.1, 0.15) is 36.9 Å². The average Bonchev–Trinajstić information content (AvgIpc) is 3.27. The second-order valence-electron chi connectivity index (χ2n) is 9.49. The highest BCUT2D eigenvalue weighted by Crippen LogP contribution is 2.31. The lowest BCUT2D eigenvalue weighted by molar-refractivity contribution is -0.137. The van der Waals surface area contributed by atoms with Gasteiger partial charge in [0.05, 0.1) is 16.6 Å². The third-order valence-electron chi connectivity index (χ3n) is 6.89. The number of anilines is 1. The first-order valence-electron chi connectivity index (χ1n) is 12.6. The van der Waals surface area contributed by atoms with Crippen LogP contribution in [0.25, 0.3) is 11.0 Å². The summed E-state index contributed by atoms with van der Waals surface area (Å²) in [6.45, 7) is 6.60. The van der Waals surface area contributed by atoms with E-state index in [1.54, 1.807) is 6.92 Å². The topological polar surface area (TPSA) is 50.6 Å². The van der Waals surface area contributed by atoms with Crippen LogP contribution < -0.4 is 9.64 Å². The number of carbonyl (C=O) groups is 1. The Bertz CT molecular complexity index is 1410. The van der Waals surface area contributed by atoms with Crippen LogP contribution in [0.4, 0.5) is 18.9 Å². The van der Waals surface area contributed by atoms with Crippen LogP contribution in [0.5, 0.6) is 5.75 Å². The number of imidazole rings is 1. The molecular formula is C29H29F3N4O2. The van der Waals surface area contributed by atoms with Crippen molar-refractivity contribution in [1.29, 1.82) is 0 Å². The number of benzene rings is 3. The lowest BCUT2D eigenvalue weighted by Crippen LogP contribution is -2.48. The molecule has 0 radical (unpaired) electrons. The molecule has 1 aromatic heterocycles. The molecule has 1 fully saturated rings. The van der Waals surface area contributed by atoms with Crippen molar-refractivity contribution in [2.75, 3.05) is 31.1 Å². The van der Waals surface area contributed by atoms with Gasteiger partial charge in [-0.1, -0.05) is 30.3 Å². The zero-order valence-electron chi connectivity index (χ0n) is 21.3. The van der Waals surface area contributed by atoms with E-state index in [2.05, 4.69) is 11.0 Å². The predicted molar refractivity (Wildman–Crippen MR) is 140 cm³/mol. The highest BCUT2D eigenvalue weighted by Gasteiger charge is 2.30. The number of carbonyl (C=O) groups excluding carboxylic acids is 1. The Morgan fingerprint density at radius 3 is 2.29 bits per heavy atom. The van der Waals surface area contributed by atoms with Crippen molar-refractivity contribution >= 4 is 22.6 Å². The van der Waals surface area contributed by atoms with E-state index in [0.29, 0.717) is 31.2 Å². The Kier molecular flexibility index (Phi) is 7.01. The molecule has 1 atom stereocenters. The molecule has 1 aliphatic heterocycles. The van der Waals surface area contributed by atoms with Crippen molar-refractivity contribution in [3.63, 3.8) is 0 Å². The molecule has 9 heteroatoms. The van der Waals surface area contributed by atoms with E-state index >= 15 is 0 Å². The van der Waals surface area contributed by atoms with Crippen LogP contribution in [-0.4, -0.2) is 46.5 Å². The first-order chi connectivity index (χ1) is 18.2. The summed E-state index contributed by atoms with van der Waals surface area (Å²) < 4.78 is 47.5. The quantitative estimate of drug-likeness (QED) is 0.316. The van der Waals surface area contributed by atoms with Crippen molar-refractivity contribution in [1.82, 2.24) is 14.5 Å². The second kappa shape index (κ2) is 10.4. The Morgan fingerprint density at radius 2 is 1.66 bits per heavy atom. The molecule has 3 aromatic carbocycles. The number of aromatic nitrogens is 2. The van der Waals surface area contributed by atoms with E-state index < -0.39 is 17.8 Å². The Labute approximate surface area is 219 Å². The number of halogens is 3. The standard InChI is InChI=1S/C29H29F3N4O2/c1-20(38-25-6-4-3-5-7-25)28-33-26-13-12-24(35-16-14-34(15-17-35)21(2)37)18-27(26)36(28)19-22-8-10-23(11-9-22)29(30,31)32/h3-13,18,20H,14-17,19H2,1-2H3. The highest BCUT2D eigenvalue weighted by molar-refractivity contribution is 5.81. The molecule has 0 spiro atoms. The number of hydrogen-bond acceptors (Lipinski definition) is 4. The van der Waals surface area contributed by atoms with E-state index in [4.69, 9.17) is 9.72 Å². The summed E-state index contributed by atoms with van der Waals surface area (Å²) in [5.41, 5.74) is 2.71. The van der Waals surface area contributed by atoms with E-state index in [1.165, 1.54) is 12.1 Å². The number of rotatable bonds is 6. The monoisotopic (exact) mass is 522 g/mol. The molecule has 0 aliphatic carbocycles. The third kappa shape index (κ3) is 5.46. The largest absolute Gasteiger partial charge is 0.483 e. The van der Waals surface area contributed by atoms with E-state index in [0.717, 1.165) is 47.5 Å². The van der Waals surface area contributed by atoms with Crippen LogP contribution in [-0.2, 0) is 17.5 Å². The summed E-state index contributed by atoms with van der Waals surface area (Å²) in [6, 6.07) is 20.7. The van der Waals surface area contributed by atoms with Crippen LogP contribution in [0.2, 0.25) is 0 Å². The molecule has 0 bridgehead atoms. The highest BCUT2D eigenvalue weighted by atomic mass is 19.4. The van der Waals surface area contributed by atoms with E-state index in [9.17, 15) is 18.0 Å². The number of fused-ring (bicyclic) bond motifs is 1. The fourth-order valence-electron chi connectivity index (χ4n) is 4.82. The molecule has 1 saturated heterocycles. The maximum Gasteiger partial charge on any atom is 0.416 e. The summed E-state index contributed by atoms with van der Waals surface area (Å²) in [4.78, 5) is 20.7. The number of amides is 1. The summed E-state index contributed by atoms with van der Waals surface area (Å²) in [6.07, 6.45) is -4.79. The van der Waals surface area contributed by atoms with Gasteiger partial charge in [0.25, 0.3) is 0 Å². The molecule has 0 saturated carbocycles. The maximum absolute atomic E-state index is 13.1. The third-order valence-corrected chi connectivity index (χ3v) is 6.89. The van der Waals surface area contributed by atoms with E-state index in [-0.39, 0.29) is 5.91 Å². The minimum atomic E-state index is -4.38. The molecule has 38 heavy (non-hydrogen) atoms. The van der Waals surface area contributed by atoms with Gasteiger partial charge in [-0.15, -0.1) is 0 Å². The molecule has 1 amide bonds. The van der Waals surface area contributed by atoms with Crippen molar-refractivity contribution < 1.29 is 22.7 Å². The zero-order chi connectivity index (χ0) is 26.9. The number of hydrogen-bond donors (Lipinski definition) is 0. The minimum absolute atomic E-state index is 0.0757. The SMILES string of the molecule is CC(=O)N1CCN(c2ccc3nc(C(C)Oc4ccccc4)n(Cc4ccc(C(F)(F)F)cc4)c3c2)CC1. The second-order valence-corrected chi connectivity index (χ2v) is 9.49. The van der Waals surface area contributed by atoms with Crippen LogP contribution >= 0.6 is 0 Å². The number of piperazine rings is 1. The fourth-order valence-corrected chi connectivity index (χ4v) is 4.82. The normalized spacial score (nSPS) is 15.1. The first-order valence-corrected chi connectivity index (χ1v) is 12.6. The summed E-state index contributed by atoms with van der Waals surface area (Å²) in [7, 11) is 0. The van der Waals surface area contributed by atoms with Gasteiger partial charge in [0.2, 0.25) is 5.91 Å². The Balaban J connectivity index is 1.50. The molecule has 4 aromatic rings. The van der Waals surface area contributed by atoms with Crippen molar-refractivity contribution in [2.24, 2.45) is 0 Å². The Morgan fingerprint density at radius 1 is 0.974 bits per heavy atom.